The van der Waals surface area contributed by atoms with Crippen molar-refractivity contribution < 1.29 is 15.6 Å². The third kappa shape index (κ3) is 6.70. The molecule has 0 fully saturated rings. The molecule has 0 radical (unpaired) electrons. The summed E-state index contributed by atoms with van der Waals surface area (Å²) in [5.41, 5.74) is 19.8. The summed E-state index contributed by atoms with van der Waals surface area (Å²) < 4.78 is 0.144. The predicted octanol–water partition coefficient (Wildman–Crippen LogP) is 16.0. The summed E-state index contributed by atoms with van der Waals surface area (Å²) >= 11 is -5.05. The molecule has 6 rings (SSSR count). The molecule has 0 bridgehead atoms. The summed E-state index contributed by atoms with van der Waals surface area (Å²) in [6, 6.07) is 28.0. The van der Waals surface area contributed by atoms with Crippen molar-refractivity contribution in [3.63, 3.8) is 0 Å². The minimum absolute atomic E-state index is 0.0721. The molecule has 4 aromatic carbocycles. The Morgan fingerprint density at radius 1 is 0.556 bits per heavy atom. The van der Waals surface area contributed by atoms with E-state index in [-0.39, 0.29) is 7.25 Å². The average Bonchev–Trinajstić information content (AvgIpc) is 3.77. The molecular weight excluding hydrogens is 791 g/mol. The fraction of sp³-hybridized carbons (Fsp3) is 0.440. The molecule has 4 unspecified atom stereocenters. The molecule has 0 amide bonds. The molecule has 0 aliphatic heterocycles. The van der Waals surface area contributed by atoms with Crippen LogP contribution in [0.3, 0.4) is 0 Å². The fourth-order valence-corrected chi connectivity index (χ4v) is 41.4. The molecule has 4 atom stereocenters. The zero-order chi connectivity index (χ0) is 39.3. The van der Waals surface area contributed by atoms with Gasteiger partial charge in [0.25, 0.3) is 0 Å². The van der Waals surface area contributed by atoms with Gasteiger partial charge in [0, 0.05) is 0 Å². The standard InChI is InChI=1S/2C24H29.C2H7Si.2ClH.Zr/c2*1-6-17(5)20-14-19-13-12-18(7-2)24(23(19)15-20)22-11-9-8-10-21(22)16(3)4;1-3-2;;;/h2*8-17H,6-7H2,1-5H3;3H,1-2H3;2*1H;/q;;;;;+2/p-2. The topological polar surface area (TPSA) is 0 Å². The van der Waals surface area contributed by atoms with E-state index in [0.717, 1.165) is 25.7 Å². The SMILES string of the molecule is CCc1ccc2c(c1-c1ccccc1C(C)C)C=C(C(C)CC)[CH]2[Zr]([Cl])([Cl])([CH]1C(C(C)CC)=Cc2c1ccc(CC)c2-c1ccccc1C(C)C)[SiH](C)C. The van der Waals surface area contributed by atoms with Crippen LogP contribution in [0.4, 0.5) is 0 Å². The molecule has 0 N–H and O–H groups in total. The Bertz CT molecular complexity index is 1960. The molecule has 2 aliphatic carbocycles. The van der Waals surface area contributed by atoms with Crippen LogP contribution in [0, 0.1) is 11.8 Å². The van der Waals surface area contributed by atoms with Gasteiger partial charge in [-0.25, -0.2) is 0 Å². The maximum atomic E-state index is 9.05. The molecule has 0 spiro atoms. The van der Waals surface area contributed by atoms with Gasteiger partial charge in [-0.15, -0.1) is 0 Å². The van der Waals surface area contributed by atoms with E-state index in [1.807, 2.05) is 0 Å². The second-order valence-electron chi connectivity index (χ2n) is 17.6. The average molecular weight is 856 g/mol. The molecule has 4 heteroatoms. The van der Waals surface area contributed by atoms with Crippen LogP contribution in [-0.4, -0.2) is 5.92 Å². The van der Waals surface area contributed by atoms with Gasteiger partial charge in [0.2, 0.25) is 0 Å². The van der Waals surface area contributed by atoms with Crippen molar-refractivity contribution in [3.05, 3.63) is 128 Å². The fourth-order valence-electron chi connectivity index (χ4n) is 10.1. The number of hydrogen-bond acceptors (Lipinski definition) is 0. The van der Waals surface area contributed by atoms with Gasteiger partial charge in [-0.1, -0.05) is 0 Å². The monoisotopic (exact) mass is 853 g/mol. The minimum atomic E-state index is -5.05. The van der Waals surface area contributed by atoms with Gasteiger partial charge >= 0.3 is 340 Å². The first kappa shape index (κ1) is 41.7. The molecule has 0 saturated carbocycles. The first-order valence-corrected chi connectivity index (χ1v) is 37.5. The van der Waals surface area contributed by atoms with Crippen LogP contribution >= 0.6 is 17.0 Å². The summed E-state index contributed by atoms with van der Waals surface area (Å²) in [6.07, 6.45) is 9.31. The molecular formula is C50H65Cl2SiZr. The zero-order valence-corrected chi connectivity index (χ0v) is 40.3. The quantitative estimate of drug-likeness (QED) is 0.118. The number of fused-ring (bicyclic) bond motifs is 2. The van der Waals surface area contributed by atoms with Gasteiger partial charge < -0.3 is 0 Å². The van der Waals surface area contributed by atoms with Gasteiger partial charge in [0.05, 0.1) is 0 Å². The Kier molecular flexibility index (Phi) is 12.4. The van der Waals surface area contributed by atoms with Gasteiger partial charge in [0.1, 0.15) is 0 Å². The zero-order valence-electron chi connectivity index (χ0n) is 35.2. The van der Waals surface area contributed by atoms with Crippen molar-refractivity contribution >= 4 is 35.1 Å². The second-order valence-corrected chi connectivity index (χ2v) is 60.1. The van der Waals surface area contributed by atoms with Gasteiger partial charge in [-0.05, 0) is 0 Å². The summed E-state index contributed by atoms with van der Waals surface area (Å²) in [6.45, 7) is 28.5. The van der Waals surface area contributed by atoms with Gasteiger partial charge in [-0.3, -0.25) is 0 Å². The van der Waals surface area contributed by atoms with Crippen molar-refractivity contribution in [2.24, 2.45) is 11.8 Å². The van der Waals surface area contributed by atoms with E-state index in [1.54, 1.807) is 0 Å². The summed E-state index contributed by atoms with van der Waals surface area (Å²) in [5, 5.41) is 0. The Labute approximate surface area is 337 Å². The van der Waals surface area contributed by atoms with Crippen LogP contribution < -0.4 is 0 Å². The number of aryl methyl sites for hydroxylation is 2. The Balaban J connectivity index is 1.71. The van der Waals surface area contributed by atoms with E-state index in [4.69, 9.17) is 17.0 Å². The van der Waals surface area contributed by atoms with E-state index >= 15 is 0 Å². The number of benzene rings is 4. The second kappa shape index (κ2) is 16.1. The van der Waals surface area contributed by atoms with E-state index in [0.29, 0.717) is 23.7 Å². The molecule has 0 nitrogen and oxygen atoms in total. The van der Waals surface area contributed by atoms with Crippen molar-refractivity contribution in [1.29, 1.82) is 0 Å². The Morgan fingerprint density at radius 3 is 1.24 bits per heavy atom. The molecule has 4 aromatic rings. The molecule has 287 valence electrons. The van der Waals surface area contributed by atoms with Crippen LogP contribution in [0.1, 0.15) is 146 Å². The number of hydrogen-bond donors (Lipinski definition) is 0. The maximum absolute atomic E-state index is 9.05. The Morgan fingerprint density at radius 2 is 0.926 bits per heavy atom. The van der Waals surface area contributed by atoms with Crippen LogP contribution in [0.2, 0.25) is 13.1 Å². The molecule has 0 heterocycles. The molecule has 0 saturated heterocycles. The van der Waals surface area contributed by atoms with Crippen molar-refractivity contribution in [2.45, 2.75) is 127 Å². The predicted molar refractivity (Wildman–Crippen MR) is 242 cm³/mol. The van der Waals surface area contributed by atoms with Crippen LogP contribution in [0.15, 0.2) is 83.9 Å². The van der Waals surface area contributed by atoms with Crippen molar-refractivity contribution in [2.75, 3.05) is 0 Å². The molecule has 0 aromatic heterocycles. The van der Waals surface area contributed by atoms with E-state index < -0.39 is 21.5 Å². The summed E-state index contributed by atoms with van der Waals surface area (Å²) in [4.78, 5) is 0. The van der Waals surface area contributed by atoms with Gasteiger partial charge in [-0.2, -0.15) is 0 Å². The van der Waals surface area contributed by atoms with Crippen LogP contribution in [-0.2, 0) is 28.4 Å². The third-order valence-corrected chi connectivity index (χ3v) is 65.3. The first-order chi connectivity index (χ1) is 25.6. The normalized spacial score (nSPS) is 18.7. The summed E-state index contributed by atoms with van der Waals surface area (Å²) in [7, 11) is 18.1. The molecule has 54 heavy (non-hydrogen) atoms. The van der Waals surface area contributed by atoms with E-state index in [2.05, 4.69) is 167 Å². The van der Waals surface area contributed by atoms with Crippen LogP contribution in [0.5, 0.6) is 0 Å². The number of allylic oxidation sites excluding steroid dienone is 2. The summed E-state index contributed by atoms with van der Waals surface area (Å²) in [5.74, 6) is -0.124. The van der Waals surface area contributed by atoms with E-state index in [1.165, 1.54) is 77.9 Å². The van der Waals surface area contributed by atoms with Crippen molar-refractivity contribution in [3.8, 4) is 22.3 Å². The van der Waals surface area contributed by atoms with Crippen molar-refractivity contribution in [1.82, 2.24) is 0 Å². The van der Waals surface area contributed by atoms with Crippen LogP contribution in [0.25, 0.3) is 34.4 Å². The third-order valence-electron chi connectivity index (χ3n) is 13.7. The Hall–Kier alpha value is -1.96. The number of halogens is 2. The van der Waals surface area contributed by atoms with E-state index in [9.17, 15) is 0 Å². The number of rotatable bonds is 13. The first-order valence-electron chi connectivity index (χ1n) is 21.2. The van der Waals surface area contributed by atoms with Gasteiger partial charge in [0.15, 0.2) is 0 Å². The molecule has 2 aliphatic rings.